The molecular weight excluding hydrogens is 308 g/mol. The van der Waals surface area contributed by atoms with E-state index in [2.05, 4.69) is 60.6 Å². The lowest BCUT2D eigenvalue weighted by Crippen LogP contribution is -2.31. The molecule has 0 saturated heterocycles. The third-order valence-corrected chi connectivity index (χ3v) is 5.63. The zero-order valence-corrected chi connectivity index (χ0v) is 14.5. The van der Waals surface area contributed by atoms with E-state index < -0.39 is 9.52 Å². The largest absolute Gasteiger partial charge is 0.382 e. The molecule has 0 fully saturated rings. The monoisotopic (exact) mass is 326 g/mol. The molecule has 2 aromatic rings. The van der Waals surface area contributed by atoms with Crippen molar-refractivity contribution in [2.24, 2.45) is 0 Å². The van der Waals surface area contributed by atoms with Crippen LogP contribution in [0.15, 0.2) is 4.60 Å². The number of rotatable bonds is 1. The van der Waals surface area contributed by atoms with Gasteiger partial charge in [-0.3, -0.25) is 0 Å². The van der Waals surface area contributed by atoms with Gasteiger partial charge in [-0.15, -0.1) is 0 Å². The van der Waals surface area contributed by atoms with Crippen LogP contribution >= 0.6 is 15.9 Å². The summed E-state index contributed by atoms with van der Waals surface area (Å²) in [6.07, 6.45) is 0. The summed E-state index contributed by atoms with van der Waals surface area (Å²) in [6, 6.07) is 0. The molecule has 6 heteroatoms. The van der Waals surface area contributed by atoms with E-state index in [9.17, 15) is 0 Å². The lowest BCUT2D eigenvalue weighted by molar-refractivity contribution is 0.754. The summed E-state index contributed by atoms with van der Waals surface area (Å²) in [4.78, 5) is 4.49. The van der Waals surface area contributed by atoms with E-state index in [1.54, 1.807) is 0 Å². The summed E-state index contributed by atoms with van der Waals surface area (Å²) in [7, 11) is -0.546. The van der Waals surface area contributed by atoms with Crippen molar-refractivity contribution >= 4 is 42.2 Å². The molecule has 0 atom stereocenters. The van der Waals surface area contributed by atoms with E-state index in [0.717, 1.165) is 21.1 Å². The van der Waals surface area contributed by atoms with Crippen LogP contribution in [0.5, 0.6) is 0 Å². The smallest absolute Gasteiger partial charge is 0.151 e. The van der Waals surface area contributed by atoms with Crippen LogP contribution in [0.2, 0.25) is 5.04 Å². The molecule has 98 valence electrons. The standard InChI is InChI=1S/C12H19BrN4Si/c1-6-7(2)9(13)17-8(6)10(14)15-11(16-17)18-12(3,4)5/h18H2,1-5H3,(H2,14,15,16). The lowest BCUT2D eigenvalue weighted by atomic mass is 10.2. The second-order valence-corrected chi connectivity index (χ2v) is 9.81. The Labute approximate surface area is 118 Å². The van der Waals surface area contributed by atoms with Gasteiger partial charge in [0.1, 0.15) is 25.1 Å². The highest BCUT2D eigenvalue weighted by Gasteiger charge is 2.19. The molecular formula is C12H19BrN4Si. The minimum Gasteiger partial charge on any atom is -0.382 e. The first-order chi connectivity index (χ1) is 8.20. The van der Waals surface area contributed by atoms with Crippen molar-refractivity contribution in [2.45, 2.75) is 39.7 Å². The maximum absolute atomic E-state index is 6.09. The summed E-state index contributed by atoms with van der Waals surface area (Å²) in [5.74, 6) is 0.586. The number of fused-ring (bicyclic) bond motifs is 1. The van der Waals surface area contributed by atoms with Gasteiger partial charge in [0.25, 0.3) is 0 Å². The van der Waals surface area contributed by atoms with Crippen LogP contribution in [0, 0.1) is 13.8 Å². The molecule has 0 aromatic carbocycles. The Morgan fingerprint density at radius 2 is 1.83 bits per heavy atom. The van der Waals surface area contributed by atoms with Gasteiger partial charge < -0.3 is 5.73 Å². The Bertz CT molecular complexity index is 613. The van der Waals surface area contributed by atoms with E-state index in [4.69, 9.17) is 5.73 Å². The highest BCUT2D eigenvalue weighted by atomic mass is 79.9. The van der Waals surface area contributed by atoms with Crippen LogP contribution in [0.3, 0.4) is 0 Å². The number of nitrogens with zero attached hydrogens (tertiary/aromatic N) is 3. The average Bonchev–Trinajstić information content (AvgIpc) is 2.41. The summed E-state index contributed by atoms with van der Waals surface area (Å²) < 4.78 is 2.87. The van der Waals surface area contributed by atoms with Gasteiger partial charge in [0.05, 0.1) is 0 Å². The van der Waals surface area contributed by atoms with Crippen molar-refractivity contribution in [3.63, 3.8) is 0 Å². The quantitative estimate of drug-likeness (QED) is 0.811. The summed E-state index contributed by atoms with van der Waals surface area (Å²) in [6.45, 7) is 10.8. The molecule has 18 heavy (non-hydrogen) atoms. The first-order valence-corrected chi connectivity index (χ1v) is 8.21. The number of hydrogen-bond acceptors (Lipinski definition) is 3. The van der Waals surface area contributed by atoms with Crippen molar-refractivity contribution in [2.75, 3.05) is 5.73 Å². The fourth-order valence-corrected chi connectivity index (χ4v) is 3.99. The normalized spacial score (nSPS) is 13.0. The molecule has 2 heterocycles. The van der Waals surface area contributed by atoms with Crippen LogP contribution in [-0.2, 0) is 0 Å². The van der Waals surface area contributed by atoms with Crippen molar-refractivity contribution in [3.05, 3.63) is 15.7 Å². The zero-order chi connectivity index (χ0) is 13.7. The number of halogens is 1. The predicted molar refractivity (Wildman–Crippen MR) is 82.5 cm³/mol. The molecule has 2 N–H and O–H groups in total. The Morgan fingerprint density at radius 3 is 2.39 bits per heavy atom. The highest BCUT2D eigenvalue weighted by molar-refractivity contribution is 9.10. The van der Waals surface area contributed by atoms with Gasteiger partial charge in [-0.05, 0) is 45.9 Å². The molecule has 0 amide bonds. The molecule has 0 unspecified atom stereocenters. The second kappa shape index (κ2) is 4.34. The molecule has 2 aromatic heterocycles. The average molecular weight is 327 g/mol. The van der Waals surface area contributed by atoms with Crippen LogP contribution < -0.4 is 11.2 Å². The summed E-state index contributed by atoms with van der Waals surface area (Å²) >= 11 is 3.58. The van der Waals surface area contributed by atoms with Crippen LogP contribution in [0.1, 0.15) is 31.9 Å². The van der Waals surface area contributed by atoms with Gasteiger partial charge >= 0.3 is 0 Å². The Kier molecular flexibility index (Phi) is 3.27. The Hall–Kier alpha value is -0.883. The van der Waals surface area contributed by atoms with Crippen LogP contribution in [0.4, 0.5) is 5.82 Å². The second-order valence-electron chi connectivity index (χ2n) is 5.95. The van der Waals surface area contributed by atoms with Gasteiger partial charge in [0.2, 0.25) is 0 Å². The number of nitrogens with two attached hydrogens (primary N) is 1. The van der Waals surface area contributed by atoms with Crippen molar-refractivity contribution in [1.29, 1.82) is 0 Å². The van der Waals surface area contributed by atoms with Gasteiger partial charge in [0.15, 0.2) is 5.82 Å². The highest BCUT2D eigenvalue weighted by Crippen LogP contribution is 2.28. The first kappa shape index (κ1) is 13.5. The molecule has 0 bridgehead atoms. The lowest BCUT2D eigenvalue weighted by Gasteiger charge is -2.16. The molecule has 0 radical (unpaired) electrons. The van der Waals surface area contributed by atoms with Gasteiger partial charge in [-0.2, -0.15) is 5.10 Å². The van der Waals surface area contributed by atoms with Crippen molar-refractivity contribution < 1.29 is 0 Å². The maximum Gasteiger partial charge on any atom is 0.151 e. The SMILES string of the molecule is Cc1c(C)c2c(N)nc([SiH2]C(C)(C)C)nn2c1Br. The van der Waals surface area contributed by atoms with E-state index in [0.29, 0.717) is 5.82 Å². The number of aromatic nitrogens is 3. The van der Waals surface area contributed by atoms with E-state index in [-0.39, 0.29) is 5.04 Å². The predicted octanol–water partition coefficient (Wildman–Crippen LogP) is 1.70. The zero-order valence-electron chi connectivity index (χ0n) is 11.5. The molecule has 0 spiro atoms. The van der Waals surface area contributed by atoms with E-state index in [1.807, 2.05) is 4.52 Å². The molecule has 2 rings (SSSR count). The van der Waals surface area contributed by atoms with Gasteiger partial charge in [-0.1, -0.05) is 20.8 Å². The number of aryl methyl sites for hydroxylation is 1. The third-order valence-electron chi connectivity index (χ3n) is 3.02. The van der Waals surface area contributed by atoms with Crippen LogP contribution in [-0.4, -0.2) is 24.1 Å². The fraction of sp³-hybridized carbons (Fsp3) is 0.500. The Morgan fingerprint density at radius 1 is 1.22 bits per heavy atom. The molecule has 0 aliphatic rings. The first-order valence-electron chi connectivity index (χ1n) is 6.00. The number of nitrogen functional groups attached to an aromatic ring is 1. The molecule has 0 saturated carbocycles. The number of anilines is 1. The Balaban J connectivity index is 2.66. The maximum atomic E-state index is 6.09. The van der Waals surface area contributed by atoms with Crippen molar-refractivity contribution in [1.82, 2.24) is 14.6 Å². The van der Waals surface area contributed by atoms with Gasteiger partial charge in [-0.25, -0.2) is 9.50 Å². The van der Waals surface area contributed by atoms with E-state index >= 15 is 0 Å². The molecule has 4 nitrogen and oxygen atoms in total. The molecule has 0 aliphatic heterocycles. The topological polar surface area (TPSA) is 56.2 Å². The van der Waals surface area contributed by atoms with Crippen LogP contribution in [0.25, 0.3) is 5.52 Å². The van der Waals surface area contributed by atoms with Gasteiger partial charge in [0, 0.05) is 0 Å². The third kappa shape index (κ3) is 2.31. The fourth-order valence-electron chi connectivity index (χ4n) is 2.02. The molecule has 0 aliphatic carbocycles. The van der Waals surface area contributed by atoms with E-state index in [1.165, 1.54) is 5.56 Å². The summed E-state index contributed by atoms with van der Waals surface area (Å²) in [5.41, 5.74) is 10.2. The summed E-state index contributed by atoms with van der Waals surface area (Å²) in [5, 5.41) is 4.92. The van der Waals surface area contributed by atoms with Crippen molar-refractivity contribution in [3.8, 4) is 0 Å². The minimum absolute atomic E-state index is 0.282. The number of hydrogen-bond donors (Lipinski definition) is 1. The minimum atomic E-state index is -0.546.